The molecule has 0 bridgehead atoms. The molecule has 1 amide bonds. The Balaban J connectivity index is 1.30. The van der Waals surface area contributed by atoms with E-state index in [1.807, 2.05) is 6.07 Å². The molecule has 2 saturated heterocycles. The number of hydrogen-bond acceptors (Lipinski definition) is 8. The number of halogens is 3. The van der Waals surface area contributed by atoms with Gasteiger partial charge in [0.25, 0.3) is 5.91 Å². The number of fused-ring (bicyclic) bond motifs is 2. The van der Waals surface area contributed by atoms with E-state index in [0.717, 1.165) is 54.9 Å². The number of hydrogen-bond donors (Lipinski definition) is 0. The molecule has 42 heavy (non-hydrogen) atoms. The van der Waals surface area contributed by atoms with E-state index in [2.05, 4.69) is 40.5 Å². The fourth-order valence-corrected chi connectivity index (χ4v) is 7.36. The molecule has 4 heterocycles. The van der Waals surface area contributed by atoms with Crippen molar-refractivity contribution in [2.24, 2.45) is 0 Å². The van der Waals surface area contributed by atoms with Crippen LogP contribution >= 0.6 is 23.2 Å². The van der Waals surface area contributed by atoms with Crippen molar-refractivity contribution in [3.8, 4) is 12.1 Å². The molecular weight excluding hydrogens is 580 g/mol. The van der Waals surface area contributed by atoms with Crippen LogP contribution in [0.1, 0.15) is 54.1 Å². The lowest BCUT2D eigenvalue weighted by Crippen LogP contribution is -2.55. The van der Waals surface area contributed by atoms with E-state index >= 15 is 0 Å². The van der Waals surface area contributed by atoms with Gasteiger partial charge in [-0.2, -0.15) is 15.2 Å². The van der Waals surface area contributed by atoms with Gasteiger partial charge >= 0.3 is 6.01 Å². The van der Waals surface area contributed by atoms with Crippen LogP contribution in [-0.2, 0) is 24.3 Å². The largest absolute Gasteiger partial charge is 0.462 e. The number of nitrogens with zero attached hydrogens (tertiary/aromatic N) is 7. The molecule has 2 fully saturated rings. The van der Waals surface area contributed by atoms with Gasteiger partial charge in [-0.15, -0.1) is 0 Å². The minimum Gasteiger partial charge on any atom is -0.462 e. The van der Waals surface area contributed by atoms with E-state index < -0.39 is 17.8 Å². The number of anilines is 1. The predicted molar refractivity (Wildman–Crippen MR) is 158 cm³/mol. The summed E-state index contributed by atoms with van der Waals surface area (Å²) in [4.78, 5) is 30.4. The lowest BCUT2D eigenvalue weighted by Gasteiger charge is -2.41. The van der Waals surface area contributed by atoms with Crippen LogP contribution < -0.4 is 9.64 Å². The number of likely N-dealkylation sites (tertiary alicyclic amines) is 1. The van der Waals surface area contributed by atoms with E-state index in [-0.39, 0.29) is 19.0 Å². The summed E-state index contributed by atoms with van der Waals surface area (Å²) in [5.41, 5.74) is 4.20. The van der Waals surface area contributed by atoms with Crippen LogP contribution in [0.25, 0.3) is 0 Å². The van der Waals surface area contributed by atoms with E-state index in [1.54, 1.807) is 0 Å². The SMILES string of the molecule is C=C(F)C(=O)N1CCN(c2nc(OC[C@@H]3CCCN3C)nc3c2CN(C2CCc4ccc(Cl)c(Cl)c42)C3)C[C@@H]1CC#N. The zero-order valence-corrected chi connectivity index (χ0v) is 25.2. The summed E-state index contributed by atoms with van der Waals surface area (Å²) in [6.07, 6.45) is 4.14. The van der Waals surface area contributed by atoms with Crippen LogP contribution in [0.3, 0.4) is 0 Å². The molecular formula is C30H34Cl2FN7O2. The first-order valence-corrected chi connectivity index (χ1v) is 15.2. The molecule has 12 heteroatoms. The third-order valence-corrected chi connectivity index (χ3v) is 9.95. The maximum atomic E-state index is 13.8. The summed E-state index contributed by atoms with van der Waals surface area (Å²) in [6.45, 7) is 6.98. The van der Waals surface area contributed by atoms with Crippen molar-refractivity contribution in [2.45, 2.75) is 63.3 Å². The minimum atomic E-state index is -1.02. The number of ether oxygens (including phenoxy) is 1. The first-order chi connectivity index (χ1) is 20.2. The van der Waals surface area contributed by atoms with Crippen LogP contribution in [0.15, 0.2) is 24.5 Å². The van der Waals surface area contributed by atoms with Gasteiger partial charge < -0.3 is 19.4 Å². The predicted octanol–water partition coefficient (Wildman–Crippen LogP) is 4.67. The maximum absolute atomic E-state index is 13.8. The number of rotatable bonds is 7. The molecule has 1 aliphatic carbocycles. The normalized spacial score (nSPS) is 24.0. The van der Waals surface area contributed by atoms with Gasteiger partial charge in [0.05, 0.1) is 34.3 Å². The highest BCUT2D eigenvalue weighted by Crippen LogP contribution is 2.46. The number of carbonyl (C=O) groups is 1. The van der Waals surface area contributed by atoms with Gasteiger partial charge in [0, 0.05) is 50.4 Å². The number of aryl methyl sites for hydroxylation is 1. The number of likely N-dealkylation sites (N-methyl/N-ethyl adjacent to an activating group) is 1. The standard InChI is InChI=1S/C30H34Cl2FN7O2/c1-18(33)29(41)40-13-12-38(14-20(40)9-10-34)28-22-15-39(25-8-6-19-5-7-23(31)27(32)26(19)25)16-24(22)35-30(36-28)42-17-21-4-3-11-37(21)2/h5,7,20-21,25H,1,3-4,6,8-9,11-17H2,2H3/t20-,21-,25?/m0/s1. The highest BCUT2D eigenvalue weighted by molar-refractivity contribution is 6.42. The maximum Gasteiger partial charge on any atom is 0.318 e. The van der Waals surface area contributed by atoms with Gasteiger partial charge in [0.2, 0.25) is 0 Å². The number of amides is 1. The second-order valence-corrected chi connectivity index (χ2v) is 12.4. The summed E-state index contributed by atoms with van der Waals surface area (Å²) in [5.74, 6) is -1.05. The molecule has 0 saturated carbocycles. The fraction of sp³-hybridized carbons (Fsp3) is 0.533. The van der Waals surface area contributed by atoms with Crippen molar-refractivity contribution in [1.29, 1.82) is 5.26 Å². The van der Waals surface area contributed by atoms with Crippen molar-refractivity contribution in [2.75, 3.05) is 44.7 Å². The van der Waals surface area contributed by atoms with Crippen molar-refractivity contribution < 1.29 is 13.9 Å². The molecule has 1 aromatic heterocycles. The third-order valence-electron chi connectivity index (χ3n) is 9.13. The second-order valence-electron chi connectivity index (χ2n) is 11.6. The average molecular weight is 615 g/mol. The Kier molecular flexibility index (Phi) is 8.29. The number of benzene rings is 1. The highest BCUT2D eigenvalue weighted by atomic mass is 35.5. The van der Waals surface area contributed by atoms with E-state index in [0.29, 0.717) is 54.9 Å². The van der Waals surface area contributed by atoms with E-state index in [9.17, 15) is 14.4 Å². The Labute approximate surface area is 255 Å². The Morgan fingerprint density at radius 3 is 2.76 bits per heavy atom. The van der Waals surface area contributed by atoms with Gasteiger partial charge in [-0.05, 0) is 56.5 Å². The third kappa shape index (κ3) is 5.44. The summed E-state index contributed by atoms with van der Waals surface area (Å²) in [7, 11) is 2.10. The Bertz CT molecular complexity index is 1450. The molecule has 0 spiro atoms. The van der Waals surface area contributed by atoms with Gasteiger partial charge in [0.1, 0.15) is 12.4 Å². The first kappa shape index (κ1) is 29.1. The second kappa shape index (κ2) is 12.0. The topological polar surface area (TPSA) is 88.8 Å². The van der Waals surface area contributed by atoms with Gasteiger partial charge in [-0.3, -0.25) is 9.69 Å². The highest BCUT2D eigenvalue weighted by Gasteiger charge is 2.39. The molecule has 3 aliphatic heterocycles. The monoisotopic (exact) mass is 613 g/mol. The minimum absolute atomic E-state index is 0.0738. The van der Waals surface area contributed by atoms with Gasteiger partial charge in [0.15, 0.2) is 5.83 Å². The van der Waals surface area contributed by atoms with Crippen LogP contribution in [0.2, 0.25) is 10.0 Å². The molecule has 4 aliphatic rings. The Hall–Kier alpha value is -2.97. The van der Waals surface area contributed by atoms with Gasteiger partial charge in [-0.1, -0.05) is 35.8 Å². The summed E-state index contributed by atoms with van der Waals surface area (Å²) < 4.78 is 20.0. The molecule has 0 N–H and O–H groups in total. The first-order valence-electron chi connectivity index (χ1n) is 14.5. The Morgan fingerprint density at radius 1 is 1.19 bits per heavy atom. The molecule has 2 aromatic rings. The smallest absolute Gasteiger partial charge is 0.318 e. The van der Waals surface area contributed by atoms with Crippen molar-refractivity contribution in [1.82, 2.24) is 24.7 Å². The fourth-order valence-electron chi connectivity index (χ4n) is 6.88. The Morgan fingerprint density at radius 2 is 2.02 bits per heavy atom. The zero-order valence-electron chi connectivity index (χ0n) is 23.7. The summed E-state index contributed by atoms with van der Waals surface area (Å²) >= 11 is 13.1. The molecule has 0 radical (unpaired) electrons. The van der Waals surface area contributed by atoms with Gasteiger partial charge in [-0.25, -0.2) is 4.39 Å². The number of carbonyl (C=O) groups excluding carboxylic acids is 1. The molecule has 1 aromatic carbocycles. The summed E-state index contributed by atoms with van der Waals surface area (Å²) in [6, 6.07) is 6.31. The van der Waals surface area contributed by atoms with Crippen LogP contribution in [0.5, 0.6) is 6.01 Å². The van der Waals surface area contributed by atoms with Crippen LogP contribution in [-0.4, -0.2) is 82.5 Å². The average Bonchev–Trinajstić information content (AvgIpc) is 3.71. The van der Waals surface area contributed by atoms with Crippen molar-refractivity contribution >= 4 is 34.9 Å². The lowest BCUT2D eigenvalue weighted by atomic mass is 10.1. The van der Waals surface area contributed by atoms with E-state index in [1.165, 1.54) is 10.5 Å². The van der Waals surface area contributed by atoms with Crippen molar-refractivity contribution in [3.63, 3.8) is 0 Å². The molecule has 9 nitrogen and oxygen atoms in total. The van der Waals surface area contributed by atoms with E-state index in [4.69, 9.17) is 37.9 Å². The number of nitriles is 1. The number of piperazine rings is 1. The van der Waals surface area contributed by atoms with Crippen molar-refractivity contribution in [3.05, 3.63) is 57.0 Å². The molecule has 222 valence electrons. The molecule has 1 unspecified atom stereocenters. The van der Waals surface area contributed by atoms with Crippen LogP contribution in [0, 0.1) is 11.3 Å². The molecule has 3 atom stereocenters. The van der Waals surface area contributed by atoms with Crippen LogP contribution in [0.4, 0.5) is 10.2 Å². The lowest BCUT2D eigenvalue weighted by molar-refractivity contribution is -0.131. The number of aromatic nitrogens is 2. The summed E-state index contributed by atoms with van der Waals surface area (Å²) in [5, 5.41) is 10.7. The zero-order chi connectivity index (χ0) is 29.5. The molecule has 6 rings (SSSR count). The quantitative estimate of drug-likeness (QED) is 0.416.